The fraction of sp³-hybridized carbons (Fsp3) is 0. The van der Waals surface area contributed by atoms with E-state index in [4.69, 9.17) is 0 Å². The van der Waals surface area contributed by atoms with Crippen LogP contribution in [0, 0.1) is 0 Å². The number of hydrogen-bond donors (Lipinski definition) is 0. The summed E-state index contributed by atoms with van der Waals surface area (Å²) in [4.78, 5) is 0. The molecule has 0 unspecified atom stereocenters. The summed E-state index contributed by atoms with van der Waals surface area (Å²) in [5, 5.41) is 5.10. The van der Waals surface area contributed by atoms with E-state index in [1.807, 2.05) is 6.07 Å². The Morgan fingerprint density at radius 3 is 1.05 bits per heavy atom. The Hall–Kier alpha value is -5.20. The summed E-state index contributed by atoms with van der Waals surface area (Å²) in [5.74, 6) is 0. The maximum absolute atomic E-state index is 2.27. The Balaban J connectivity index is 1.36. The maximum atomic E-state index is 2.27. The first-order valence-corrected chi connectivity index (χ1v) is 13.8. The molecule has 7 aromatic carbocycles. The second-order valence-corrected chi connectivity index (χ2v) is 10.2. The van der Waals surface area contributed by atoms with Crippen LogP contribution >= 0.6 is 0 Å². The zero-order valence-corrected chi connectivity index (χ0v) is 22.2. The van der Waals surface area contributed by atoms with Crippen LogP contribution < -0.4 is 0 Å². The van der Waals surface area contributed by atoms with Gasteiger partial charge in [-0.25, -0.2) is 0 Å². The van der Waals surface area contributed by atoms with Crippen LogP contribution in [-0.4, -0.2) is 0 Å². The van der Waals surface area contributed by atoms with Gasteiger partial charge in [0, 0.05) is 0 Å². The summed E-state index contributed by atoms with van der Waals surface area (Å²) >= 11 is 0. The molecule has 0 nitrogen and oxygen atoms in total. The van der Waals surface area contributed by atoms with Crippen molar-refractivity contribution in [3.8, 4) is 33.4 Å². The average Bonchev–Trinajstić information content (AvgIpc) is 3.04. The smallest absolute Gasteiger partial charge is 0.00264 e. The highest BCUT2D eigenvalue weighted by Crippen LogP contribution is 2.43. The van der Waals surface area contributed by atoms with Gasteiger partial charge in [-0.3, -0.25) is 0 Å². The summed E-state index contributed by atoms with van der Waals surface area (Å²) in [6, 6.07) is 56.7. The molecular formula is C40H28. The van der Waals surface area contributed by atoms with Crippen LogP contribution in [0.15, 0.2) is 158 Å². The first-order chi connectivity index (χ1) is 19.8. The van der Waals surface area contributed by atoms with Gasteiger partial charge in [-0.2, -0.15) is 0 Å². The van der Waals surface area contributed by atoms with Crippen molar-refractivity contribution in [2.75, 3.05) is 0 Å². The van der Waals surface area contributed by atoms with Gasteiger partial charge in [-0.15, -0.1) is 0 Å². The summed E-state index contributed by atoms with van der Waals surface area (Å²) in [6.45, 7) is 0. The third-order valence-electron chi connectivity index (χ3n) is 7.68. The summed E-state index contributed by atoms with van der Waals surface area (Å²) < 4.78 is 0. The minimum atomic E-state index is 1.19. The molecule has 40 heavy (non-hydrogen) atoms. The zero-order chi connectivity index (χ0) is 26.7. The molecule has 0 spiro atoms. The van der Waals surface area contributed by atoms with E-state index >= 15 is 0 Å². The van der Waals surface area contributed by atoms with E-state index in [1.165, 1.54) is 66.1 Å². The minimum Gasteiger partial charge on any atom is -0.0622 e. The summed E-state index contributed by atoms with van der Waals surface area (Å²) in [7, 11) is 0. The molecule has 0 aliphatic carbocycles. The fourth-order valence-electron chi connectivity index (χ4n) is 5.73. The van der Waals surface area contributed by atoms with Crippen molar-refractivity contribution in [1.29, 1.82) is 0 Å². The van der Waals surface area contributed by atoms with Crippen LogP contribution in [-0.2, 0) is 0 Å². The molecular weight excluding hydrogens is 480 g/mol. The molecule has 0 heterocycles. The Kier molecular flexibility index (Phi) is 6.28. The van der Waals surface area contributed by atoms with Crippen molar-refractivity contribution in [2.45, 2.75) is 0 Å². The van der Waals surface area contributed by atoms with Crippen molar-refractivity contribution in [2.24, 2.45) is 0 Å². The molecule has 7 aromatic rings. The quantitative estimate of drug-likeness (QED) is 0.160. The van der Waals surface area contributed by atoms with Crippen LogP contribution in [0.25, 0.3) is 67.1 Å². The van der Waals surface area contributed by atoms with Gasteiger partial charge in [-0.05, 0) is 66.1 Å². The first-order valence-electron chi connectivity index (χ1n) is 13.8. The molecule has 0 aromatic heterocycles. The number of benzene rings is 7. The van der Waals surface area contributed by atoms with Crippen molar-refractivity contribution >= 4 is 33.7 Å². The Morgan fingerprint density at radius 1 is 0.250 bits per heavy atom. The maximum Gasteiger partial charge on any atom is -0.00264 e. The van der Waals surface area contributed by atoms with Crippen molar-refractivity contribution < 1.29 is 0 Å². The third kappa shape index (κ3) is 4.51. The van der Waals surface area contributed by atoms with Crippen molar-refractivity contribution in [3.63, 3.8) is 0 Å². The molecule has 0 fully saturated rings. The molecule has 7 rings (SSSR count). The minimum absolute atomic E-state index is 1.19. The predicted octanol–water partition coefficient (Wildman–Crippen LogP) is 11.2. The Morgan fingerprint density at radius 2 is 0.575 bits per heavy atom. The van der Waals surface area contributed by atoms with E-state index in [0.717, 1.165) is 0 Å². The van der Waals surface area contributed by atoms with Crippen LogP contribution in [0.1, 0.15) is 11.1 Å². The number of rotatable bonds is 5. The van der Waals surface area contributed by atoms with E-state index < -0.39 is 0 Å². The molecule has 0 N–H and O–H groups in total. The van der Waals surface area contributed by atoms with Gasteiger partial charge >= 0.3 is 0 Å². The molecule has 0 atom stereocenters. The van der Waals surface area contributed by atoms with E-state index in [0.29, 0.717) is 0 Å². The third-order valence-corrected chi connectivity index (χ3v) is 7.68. The van der Waals surface area contributed by atoms with Crippen LogP contribution in [0.4, 0.5) is 0 Å². The van der Waals surface area contributed by atoms with Gasteiger partial charge in [0.25, 0.3) is 0 Å². The van der Waals surface area contributed by atoms with Crippen LogP contribution in [0.2, 0.25) is 0 Å². The number of fused-ring (bicyclic) bond motifs is 2. The predicted molar refractivity (Wildman–Crippen MR) is 173 cm³/mol. The largest absolute Gasteiger partial charge is 0.0622 e. The normalized spacial score (nSPS) is 11.4. The molecule has 0 aliphatic rings. The molecule has 0 saturated carbocycles. The lowest BCUT2D eigenvalue weighted by molar-refractivity contribution is 1.61. The lowest BCUT2D eigenvalue weighted by Crippen LogP contribution is -1.91. The molecule has 0 amide bonds. The van der Waals surface area contributed by atoms with Gasteiger partial charge < -0.3 is 0 Å². The molecule has 188 valence electrons. The second kappa shape index (κ2) is 10.5. The van der Waals surface area contributed by atoms with Gasteiger partial charge in [0.2, 0.25) is 0 Å². The van der Waals surface area contributed by atoms with Crippen LogP contribution in [0.3, 0.4) is 0 Å². The number of hydrogen-bond acceptors (Lipinski definition) is 0. The monoisotopic (exact) mass is 508 g/mol. The van der Waals surface area contributed by atoms with E-state index in [2.05, 4.69) is 164 Å². The SMILES string of the molecule is C(=C\c1ccc(-c2c3ccccc3c(-c3ccc(-c4ccccc4)cc3)c3ccccc23)cc1)/c1ccccc1. The molecule has 0 saturated heterocycles. The molecule has 0 heteroatoms. The first kappa shape index (κ1) is 23.9. The summed E-state index contributed by atoms with van der Waals surface area (Å²) in [5.41, 5.74) is 9.91. The van der Waals surface area contributed by atoms with E-state index in [9.17, 15) is 0 Å². The molecule has 0 radical (unpaired) electrons. The topological polar surface area (TPSA) is 0 Å². The van der Waals surface area contributed by atoms with Crippen molar-refractivity contribution in [3.05, 3.63) is 169 Å². The van der Waals surface area contributed by atoms with Gasteiger partial charge in [0.1, 0.15) is 0 Å². The van der Waals surface area contributed by atoms with E-state index in [1.54, 1.807) is 0 Å². The molecule has 0 aliphatic heterocycles. The summed E-state index contributed by atoms with van der Waals surface area (Å²) in [6.07, 6.45) is 4.34. The van der Waals surface area contributed by atoms with Crippen LogP contribution in [0.5, 0.6) is 0 Å². The Bertz CT molecular complexity index is 1890. The highest BCUT2D eigenvalue weighted by molar-refractivity contribution is 6.21. The standard InChI is InChI=1S/C40H28/c1-3-11-29(12-4-1)19-20-30-21-23-33(24-22-30)39-35-15-7-9-17-37(35)40(38-18-10-8-16-36(38)39)34-27-25-32(26-28-34)31-13-5-2-6-14-31/h1-28H/b20-19+. The van der Waals surface area contributed by atoms with Crippen molar-refractivity contribution in [1.82, 2.24) is 0 Å². The zero-order valence-electron chi connectivity index (χ0n) is 22.2. The highest BCUT2D eigenvalue weighted by atomic mass is 14.2. The fourth-order valence-corrected chi connectivity index (χ4v) is 5.73. The van der Waals surface area contributed by atoms with Gasteiger partial charge in [0.05, 0.1) is 0 Å². The average molecular weight is 509 g/mol. The lowest BCUT2D eigenvalue weighted by Gasteiger charge is -2.18. The lowest BCUT2D eigenvalue weighted by atomic mass is 9.85. The van der Waals surface area contributed by atoms with Gasteiger partial charge in [0.15, 0.2) is 0 Å². The van der Waals surface area contributed by atoms with E-state index in [-0.39, 0.29) is 0 Å². The van der Waals surface area contributed by atoms with Gasteiger partial charge in [-0.1, -0.05) is 170 Å². The second-order valence-electron chi connectivity index (χ2n) is 10.2. The Labute approximate surface area is 235 Å². The highest BCUT2D eigenvalue weighted by Gasteiger charge is 2.16. The molecule has 0 bridgehead atoms.